The van der Waals surface area contributed by atoms with Gasteiger partial charge >= 0.3 is 0 Å². The summed E-state index contributed by atoms with van der Waals surface area (Å²) >= 11 is 0. The summed E-state index contributed by atoms with van der Waals surface area (Å²) in [6.07, 6.45) is 2.63. The smallest absolute Gasteiger partial charge is 0.207 e. The second-order valence-electron chi connectivity index (χ2n) is 4.24. The minimum atomic E-state index is -0.420. The predicted octanol–water partition coefficient (Wildman–Crippen LogP) is 2.68. The Morgan fingerprint density at radius 1 is 1.00 bits per heavy atom. The molecule has 1 aromatic carbocycles. The van der Waals surface area contributed by atoms with E-state index in [2.05, 4.69) is 9.97 Å². The Labute approximate surface area is 114 Å². The molecule has 0 fully saturated rings. The summed E-state index contributed by atoms with van der Waals surface area (Å²) < 4.78 is 5.42. The third-order valence-corrected chi connectivity index (χ3v) is 2.84. The van der Waals surface area contributed by atoms with Crippen LogP contribution in [0.25, 0.3) is 11.0 Å². The van der Waals surface area contributed by atoms with Crippen molar-refractivity contribution in [2.24, 2.45) is 0 Å². The van der Waals surface area contributed by atoms with Gasteiger partial charge in [0.1, 0.15) is 5.58 Å². The fraction of sp³-hybridized carbons (Fsp3) is 0.0667. The maximum Gasteiger partial charge on any atom is 0.207 e. The molecule has 3 rings (SSSR count). The van der Waals surface area contributed by atoms with Crippen molar-refractivity contribution in [3.8, 4) is 0 Å². The molecular weight excluding hydrogens is 256 g/mol. The van der Waals surface area contributed by atoms with E-state index in [1.54, 1.807) is 18.2 Å². The number of benzene rings is 1. The third kappa shape index (κ3) is 2.33. The average Bonchev–Trinajstić information content (AvgIpc) is 2.92. The van der Waals surface area contributed by atoms with Gasteiger partial charge < -0.3 is 4.42 Å². The normalized spacial score (nSPS) is 10.6. The van der Waals surface area contributed by atoms with Crippen LogP contribution in [0.15, 0.2) is 53.2 Å². The highest BCUT2D eigenvalue weighted by Crippen LogP contribution is 2.20. The van der Waals surface area contributed by atoms with Crippen molar-refractivity contribution in [1.29, 1.82) is 0 Å². The molecule has 3 aromatic rings. The van der Waals surface area contributed by atoms with Crippen LogP contribution in [0.2, 0.25) is 0 Å². The monoisotopic (exact) mass is 266 g/mol. The summed E-state index contributed by atoms with van der Waals surface area (Å²) in [7, 11) is 0. The highest BCUT2D eigenvalue weighted by molar-refractivity contribution is 6.12. The second kappa shape index (κ2) is 5.05. The lowest BCUT2D eigenvalue weighted by molar-refractivity contribution is 0.0874. The number of para-hydroxylation sites is 1. The number of carbonyl (C=O) groups excluding carboxylic acids is 2. The van der Waals surface area contributed by atoms with E-state index in [9.17, 15) is 9.59 Å². The first kappa shape index (κ1) is 12.2. The van der Waals surface area contributed by atoms with Gasteiger partial charge in [-0.1, -0.05) is 18.2 Å². The van der Waals surface area contributed by atoms with Gasteiger partial charge in [-0.15, -0.1) is 0 Å². The van der Waals surface area contributed by atoms with Gasteiger partial charge in [-0.3, -0.25) is 9.59 Å². The van der Waals surface area contributed by atoms with Crippen LogP contribution in [-0.2, 0) is 0 Å². The number of fused-ring (bicyclic) bond motifs is 1. The van der Waals surface area contributed by atoms with E-state index >= 15 is 0 Å². The fourth-order valence-electron chi connectivity index (χ4n) is 1.87. The number of ketones is 2. The molecule has 0 N–H and O–H groups in total. The standard InChI is InChI=1S/C15H10N2O3/c18-11(9-12(19)15-16-6-3-7-17-15)14-8-10-4-1-2-5-13(10)20-14/h1-8H,9H2. The van der Waals surface area contributed by atoms with Crippen LogP contribution in [0.5, 0.6) is 0 Å². The number of furan rings is 1. The van der Waals surface area contributed by atoms with E-state index in [1.807, 2.05) is 18.2 Å². The Hall–Kier alpha value is -2.82. The fourth-order valence-corrected chi connectivity index (χ4v) is 1.87. The topological polar surface area (TPSA) is 73.1 Å². The van der Waals surface area contributed by atoms with E-state index in [0.29, 0.717) is 5.58 Å². The molecule has 0 aliphatic carbocycles. The van der Waals surface area contributed by atoms with Crippen molar-refractivity contribution >= 4 is 22.5 Å². The summed E-state index contributed by atoms with van der Waals surface area (Å²) in [6, 6.07) is 10.5. The number of Topliss-reactive ketones (excluding diaryl/α,β-unsaturated/α-hetero) is 2. The van der Waals surface area contributed by atoms with Gasteiger partial charge in [0, 0.05) is 17.8 Å². The van der Waals surface area contributed by atoms with Gasteiger partial charge in [0.25, 0.3) is 0 Å². The number of hydrogen-bond donors (Lipinski definition) is 0. The zero-order valence-electron chi connectivity index (χ0n) is 10.4. The Balaban J connectivity index is 1.81. The van der Waals surface area contributed by atoms with Gasteiger partial charge in [0.2, 0.25) is 11.6 Å². The van der Waals surface area contributed by atoms with Gasteiger partial charge in [-0.25, -0.2) is 9.97 Å². The van der Waals surface area contributed by atoms with Crippen molar-refractivity contribution < 1.29 is 14.0 Å². The molecule has 5 nitrogen and oxygen atoms in total. The van der Waals surface area contributed by atoms with Crippen molar-refractivity contribution in [3.05, 3.63) is 60.4 Å². The maximum atomic E-state index is 12.0. The predicted molar refractivity (Wildman–Crippen MR) is 71.5 cm³/mol. The minimum Gasteiger partial charge on any atom is -0.453 e. The Kier molecular flexibility index (Phi) is 3.09. The molecule has 0 bridgehead atoms. The van der Waals surface area contributed by atoms with Gasteiger partial charge in [0.15, 0.2) is 11.6 Å². The van der Waals surface area contributed by atoms with Gasteiger partial charge in [0.05, 0.1) is 6.42 Å². The molecule has 98 valence electrons. The second-order valence-corrected chi connectivity index (χ2v) is 4.24. The van der Waals surface area contributed by atoms with Crippen LogP contribution in [-0.4, -0.2) is 21.5 Å². The van der Waals surface area contributed by atoms with Crippen molar-refractivity contribution in [3.63, 3.8) is 0 Å². The van der Waals surface area contributed by atoms with Gasteiger partial charge in [-0.05, 0) is 18.2 Å². The minimum absolute atomic E-state index is 0.0389. The molecule has 0 spiro atoms. The SMILES string of the molecule is O=C(CC(=O)c1cc2ccccc2o1)c1ncccn1. The number of hydrogen-bond acceptors (Lipinski definition) is 5. The first-order valence-electron chi connectivity index (χ1n) is 6.06. The summed E-state index contributed by atoms with van der Waals surface area (Å²) in [6.45, 7) is 0. The summed E-state index contributed by atoms with van der Waals surface area (Å²) in [5.41, 5.74) is 0.624. The summed E-state index contributed by atoms with van der Waals surface area (Å²) in [4.78, 5) is 31.5. The number of aromatic nitrogens is 2. The van der Waals surface area contributed by atoms with E-state index in [4.69, 9.17) is 4.42 Å². The molecule has 0 saturated heterocycles. The molecular formula is C15H10N2O3. The van der Waals surface area contributed by atoms with Crippen LogP contribution >= 0.6 is 0 Å². The first-order chi connectivity index (χ1) is 9.74. The largest absolute Gasteiger partial charge is 0.453 e. The highest BCUT2D eigenvalue weighted by atomic mass is 16.3. The molecule has 20 heavy (non-hydrogen) atoms. The van der Waals surface area contributed by atoms with E-state index in [-0.39, 0.29) is 23.8 Å². The molecule has 0 saturated carbocycles. The van der Waals surface area contributed by atoms with E-state index in [1.165, 1.54) is 12.4 Å². The lowest BCUT2D eigenvalue weighted by Gasteiger charge is -1.96. The zero-order chi connectivity index (χ0) is 13.9. The Morgan fingerprint density at radius 3 is 2.50 bits per heavy atom. The molecule has 0 aliphatic heterocycles. The van der Waals surface area contributed by atoms with Crippen LogP contribution in [0.1, 0.15) is 27.6 Å². The quantitative estimate of drug-likeness (QED) is 0.536. The van der Waals surface area contributed by atoms with Crippen molar-refractivity contribution in [2.45, 2.75) is 6.42 Å². The Morgan fingerprint density at radius 2 is 1.75 bits per heavy atom. The number of rotatable bonds is 4. The Bertz CT molecular complexity index is 745. The molecule has 0 radical (unpaired) electrons. The van der Waals surface area contributed by atoms with Crippen LogP contribution in [0, 0.1) is 0 Å². The molecule has 0 aliphatic rings. The highest BCUT2D eigenvalue weighted by Gasteiger charge is 2.18. The number of carbonyl (C=O) groups is 2. The van der Waals surface area contributed by atoms with E-state index in [0.717, 1.165) is 5.39 Å². The molecule has 2 heterocycles. The molecule has 0 atom stereocenters. The van der Waals surface area contributed by atoms with Crippen LogP contribution < -0.4 is 0 Å². The lowest BCUT2D eigenvalue weighted by atomic mass is 10.1. The van der Waals surface area contributed by atoms with Crippen LogP contribution in [0.4, 0.5) is 0 Å². The van der Waals surface area contributed by atoms with Gasteiger partial charge in [-0.2, -0.15) is 0 Å². The van der Waals surface area contributed by atoms with Crippen molar-refractivity contribution in [2.75, 3.05) is 0 Å². The molecule has 2 aromatic heterocycles. The van der Waals surface area contributed by atoms with Crippen LogP contribution in [0.3, 0.4) is 0 Å². The molecule has 0 unspecified atom stereocenters. The third-order valence-electron chi connectivity index (χ3n) is 2.84. The molecule has 0 amide bonds. The lowest BCUT2D eigenvalue weighted by Crippen LogP contribution is -2.10. The average molecular weight is 266 g/mol. The first-order valence-corrected chi connectivity index (χ1v) is 6.06. The maximum absolute atomic E-state index is 12.0. The number of nitrogens with zero attached hydrogens (tertiary/aromatic N) is 2. The zero-order valence-corrected chi connectivity index (χ0v) is 10.4. The van der Waals surface area contributed by atoms with Crippen molar-refractivity contribution in [1.82, 2.24) is 9.97 Å². The summed E-state index contributed by atoms with van der Waals surface area (Å²) in [5, 5.41) is 0.833. The molecule has 5 heteroatoms. The van der Waals surface area contributed by atoms with E-state index < -0.39 is 5.78 Å². The summed E-state index contributed by atoms with van der Waals surface area (Å²) in [5.74, 6) is -0.581.